The minimum absolute atomic E-state index is 0.290. The highest BCUT2D eigenvalue weighted by atomic mass is 19.1. The molecule has 0 fully saturated rings. The smallest absolute Gasteiger partial charge is 0.159 e. The van der Waals surface area contributed by atoms with E-state index in [4.69, 9.17) is 9.47 Å². The Labute approximate surface area is 108 Å². The molecule has 0 bridgehead atoms. The summed E-state index contributed by atoms with van der Waals surface area (Å²) in [5.74, 6) is -0.290. The fourth-order valence-corrected chi connectivity index (χ4v) is 1.93. The standard InChI is InChI=1S/C14H21FO3/c1-10-5-6-12(15)7-11(10)8-14(2,16)9-13(17-3)18-4/h5-7,13,16H,8-9H2,1-4H3. The summed E-state index contributed by atoms with van der Waals surface area (Å²) in [7, 11) is 3.05. The number of aliphatic hydroxyl groups is 1. The third-order valence-corrected chi connectivity index (χ3v) is 3.01. The van der Waals surface area contributed by atoms with Gasteiger partial charge < -0.3 is 14.6 Å². The van der Waals surface area contributed by atoms with Crippen molar-refractivity contribution in [1.82, 2.24) is 0 Å². The predicted molar refractivity (Wildman–Crippen MR) is 67.9 cm³/mol. The van der Waals surface area contributed by atoms with Crippen LogP contribution in [-0.4, -0.2) is 31.2 Å². The number of aryl methyl sites for hydroxylation is 1. The maximum Gasteiger partial charge on any atom is 0.159 e. The number of hydrogen-bond acceptors (Lipinski definition) is 3. The minimum atomic E-state index is -1.00. The average molecular weight is 256 g/mol. The summed E-state index contributed by atoms with van der Waals surface area (Å²) in [6.45, 7) is 3.59. The molecule has 18 heavy (non-hydrogen) atoms. The zero-order valence-corrected chi connectivity index (χ0v) is 11.4. The van der Waals surface area contributed by atoms with E-state index in [0.29, 0.717) is 12.8 Å². The molecule has 0 spiro atoms. The fourth-order valence-electron chi connectivity index (χ4n) is 1.93. The highest BCUT2D eigenvalue weighted by Gasteiger charge is 2.26. The highest BCUT2D eigenvalue weighted by molar-refractivity contribution is 5.27. The van der Waals surface area contributed by atoms with E-state index in [2.05, 4.69) is 0 Å². The zero-order chi connectivity index (χ0) is 13.8. The molecule has 0 heterocycles. The van der Waals surface area contributed by atoms with Crippen molar-refractivity contribution in [3.63, 3.8) is 0 Å². The number of rotatable bonds is 6. The Hall–Kier alpha value is -0.970. The molecule has 0 radical (unpaired) electrons. The first-order chi connectivity index (χ1) is 8.38. The molecular weight excluding hydrogens is 235 g/mol. The maximum atomic E-state index is 13.2. The molecule has 3 nitrogen and oxygen atoms in total. The van der Waals surface area contributed by atoms with Crippen molar-refractivity contribution in [3.8, 4) is 0 Å². The van der Waals surface area contributed by atoms with Gasteiger partial charge in [0.2, 0.25) is 0 Å². The third-order valence-electron chi connectivity index (χ3n) is 3.01. The lowest BCUT2D eigenvalue weighted by Gasteiger charge is -2.27. The highest BCUT2D eigenvalue weighted by Crippen LogP contribution is 2.22. The maximum absolute atomic E-state index is 13.2. The van der Waals surface area contributed by atoms with Gasteiger partial charge in [0.25, 0.3) is 0 Å². The first-order valence-corrected chi connectivity index (χ1v) is 5.91. The van der Waals surface area contributed by atoms with Gasteiger partial charge >= 0.3 is 0 Å². The Kier molecular flexibility index (Phi) is 5.26. The van der Waals surface area contributed by atoms with E-state index >= 15 is 0 Å². The van der Waals surface area contributed by atoms with Gasteiger partial charge in [-0.2, -0.15) is 0 Å². The van der Waals surface area contributed by atoms with Gasteiger partial charge in [-0.05, 0) is 37.1 Å². The van der Waals surface area contributed by atoms with Crippen molar-refractivity contribution in [2.75, 3.05) is 14.2 Å². The lowest BCUT2D eigenvalue weighted by atomic mass is 9.91. The molecule has 4 heteroatoms. The third kappa shape index (κ3) is 4.37. The second-order valence-electron chi connectivity index (χ2n) is 4.85. The number of ether oxygens (including phenoxy) is 2. The molecule has 102 valence electrons. The summed E-state index contributed by atoms with van der Waals surface area (Å²) < 4.78 is 23.3. The molecule has 0 saturated heterocycles. The number of methoxy groups -OCH3 is 2. The lowest BCUT2D eigenvalue weighted by molar-refractivity contribution is -0.139. The molecule has 1 aromatic carbocycles. The zero-order valence-electron chi connectivity index (χ0n) is 11.4. The van der Waals surface area contributed by atoms with Crippen LogP contribution in [0.4, 0.5) is 4.39 Å². The van der Waals surface area contributed by atoms with E-state index in [-0.39, 0.29) is 5.82 Å². The van der Waals surface area contributed by atoms with Gasteiger partial charge in [-0.25, -0.2) is 4.39 Å². The van der Waals surface area contributed by atoms with Crippen LogP contribution in [0.2, 0.25) is 0 Å². The van der Waals surface area contributed by atoms with Crippen LogP contribution < -0.4 is 0 Å². The van der Waals surface area contributed by atoms with E-state index in [9.17, 15) is 9.50 Å². The van der Waals surface area contributed by atoms with Gasteiger partial charge in [0.1, 0.15) is 5.82 Å². The normalized spacial score (nSPS) is 14.8. The average Bonchev–Trinajstić information content (AvgIpc) is 2.30. The number of benzene rings is 1. The molecule has 1 rings (SSSR count). The van der Waals surface area contributed by atoms with Crippen LogP contribution in [0.25, 0.3) is 0 Å². The molecule has 1 aromatic rings. The van der Waals surface area contributed by atoms with Crippen molar-refractivity contribution in [3.05, 3.63) is 35.1 Å². The number of halogens is 1. The largest absolute Gasteiger partial charge is 0.390 e. The van der Waals surface area contributed by atoms with E-state index in [0.717, 1.165) is 11.1 Å². The van der Waals surface area contributed by atoms with Crippen LogP contribution >= 0.6 is 0 Å². The van der Waals surface area contributed by atoms with Gasteiger partial charge in [0.05, 0.1) is 5.60 Å². The molecule has 0 amide bonds. The topological polar surface area (TPSA) is 38.7 Å². The SMILES string of the molecule is COC(CC(C)(O)Cc1cc(F)ccc1C)OC. The fraction of sp³-hybridized carbons (Fsp3) is 0.571. The van der Waals surface area contributed by atoms with Crippen molar-refractivity contribution in [2.45, 2.75) is 38.6 Å². The number of hydrogen-bond donors (Lipinski definition) is 1. The van der Waals surface area contributed by atoms with Gasteiger partial charge in [0, 0.05) is 27.1 Å². The van der Waals surface area contributed by atoms with Gasteiger partial charge in [-0.15, -0.1) is 0 Å². The van der Waals surface area contributed by atoms with Crippen molar-refractivity contribution >= 4 is 0 Å². The van der Waals surface area contributed by atoms with Crippen molar-refractivity contribution in [1.29, 1.82) is 0 Å². The monoisotopic (exact) mass is 256 g/mol. The van der Waals surface area contributed by atoms with Gasteiger partial charge in [-0.1, -0.05) is 6.07 Å². The Bertz CT molecular complexity index is 387. The Morgan fingerprint density at radius 3 is 2.50 bits per heavy atom. The molecule has 1 atom stereocenters. The Balaban J connectivity index is 2.78. The summed E-state index contributed by atoms with van der Waals surface area (Å²) in [5, 5.41) is 10.3. The lowest BCUT2D eigenvalue weighted by Crippen LogP contribution is -2.34. The first-order valence-electron chi connectivity index (χ1n) is 5.91. The van der Waals surface area contributed by atoms with E-state index in [1.54, 1.807) is 13.0 Å². The summed E-state index contributed by atoms with van der Waals surface area (Å²) in [6, 6.07) is 4.59. The van der Waals surface area contributed by atoms with Crippen molar-refractivity contribution < 1.29 is 19.0 Å². The summed E-state index contributed by atoms with van der Waals surface area (Å²) in [6.07, 6.45) is 0.226. The van der Waals surface area contributed by atoms with Crippen LogP contribution in [0.15, 0.2) is 18.2 Å². The van der Waals surface area contributed by atoms with E-state index < -0.39 is 11.9 Å². The van der Waals surface area contributed by atoms with Crippen LogP contribution in [0, 0.1) is 12.7 Å². The second-order valence-corrected chi connectivity index (χ2v) is 4.85. The molecule has 0 aliphatic heterocycles. The van der Waals surface area contributed by atoms with E-state index in [1.807, 2.05) is 6.92 Å². The van der Waals surface area contributed by atoms with Crippen LogP contribution in [0.1, 0.15) is 24.5 Å². The minimum Gasteiger partial charge on any atom is -0.390 e. The molecule has 1 N–H and O–H groups in total. The van der Waals surface area contributed by atoms with Crippen LogP contribution in [-0.2, 0) is 15.9 Å². The molecule has 0 aliphatic carbocycles. The van der Waals surface area contributed by atoms with Crippen LogP contribution in [0.3, 0.4) is 0 Å². The predicted octanol–water partition coefficient (Wildman–Crippen LogP) is 2.44. The van der Waals surface area contributed by atoms with Gasteiger partial charge in [0.15, 0.2) is 6.29 Å². The van der Waals surface area contributed by atoms with Crippen LogP contribution in [0.5, 0.6) is 0 Å². The summed E-state index contributed by atoms with van der Waals surface area (Å²) in [5.41, 5.74) is 0.754. The molecule has 1 unspecified atom stereocenters. The first kappa shape index (κ1) is 15.1. The summed E-state index contributed by atoms with van der Waals surface area (Å²) in [4.78, 5) is 0. The Morgan fingerprint density at radius 2 is 1.94 bits per heavy atom. The molecular formula is C14H21FO3. The summed E-state index contributed by atoms with van der Waals surface area (Å²) >= 11 is 0. The van der Waals surface area contributed by atoms with E-state index in [1.165, 1.54) is 26.4 Å². The molecule has 0 aromatic heterocycles. The molecule has 0 saturated carbocycles. The van der Waals surface area contributed by atoms with Crippen molar-refractivity contribution in [2.24, 2.45) is 0 Å². The Morgan fingerprint density at radius 1 is 1.33 bits per heavy atom. The molecule has 0 aliphatic rings. The second kappa shape index (κ2) is 6.27. The van der Waals surface area contributed by atoms with Gasteiger partial charge in [-0.3, -0.25) is 0 Å². The quantitative estimate of drug-likeness (QED) is 0.794.